The van der Waals surface area contributed by atoms with E-state index in [1.54, 1.807) is 12.1 Å². The Morgan fingerprint density at radius 3 is 2.50 bits per heavy atom. The Kier molecular flexibility index (Phi) is 3.24. The number of hydrogen-bond donors (Lipinski definition) is 1. The van der Waals surface area contributed by atoms with E-state index in [1.807, 2.05) is 47.2 Å². The first-order chi connectivity index (χ1) is 10.6. The van der Waals surface area contributed by atoms with Crippen molar-refractivity contribution < 1.29 is 4.79 Å². The quantitative estimate of drug-likeness (QED) is 0.752. The molecule has 0 aliphatic heterocycles. The molecule has 0 saturated carbocycles. The number of primary amides is 1. The van der Waals surface area contributed by atoms with Crippen molar-refractivity contribution in [2.75, 3.05) is 0 Å². The fourth-order valence-electron chi connectivity index (χ4n) is 2.39. The van der Waals surface area contributed by atoms with E-state index >= 15 is 0 Å². The average Bonchev–Trinajstić information content (AvgIpc) is 2.97. The molecular formula is C18H13N3O. The summed E-state index contributed by atoms with van der Waals surface area (Å²) in [6, 6.07) is 17.1. The Hall–Kier alpha value is -3.32. The van der Waals surface area contributed by atoms with Gasteiger partial charge in [-0.1, -0.05) is 12.6 Å². The molecule has 0 atom stereocenters. The minimum atomic E-state index is -0.522. The Labute approximate surface area is 127 Å². The van der Waals surface area contributed by atoms with Gasteiger partial charge in [-0.05, 0) is 48.0 Å². The van der Waals surface area contributed by atoms with E-state index < -0.39 is 5.91 Å². The number of carbonyl (C=O) groups is 1. The molecule has 0 aliphatic carbocycles. The van der Waals surface area contributed by atoms with Crippen LogP contribution in [0, 0.1) is 11.3 Å². The van der Waals surface area contributed by atoms with E-state index in [4.69, 9.17) is 11.0 Å². The van der Waals surface area contributed by atoms with Crippen molar-refractivity contribution in [3.05, 3.63) is 72.4 Å². The molecule has 106 valence electrons. The van der Waals surface area contributed by atoms with E-state index in [-0.39, 0.29) is 0 Å². The number of fused-ring (bicyclic) bond motifs is 1. The molecule has 2 aromatic carbocycles. The second kappa shape index (κ2) is 5.23. The summed E-state index contributed by atoms with van der Waals surface area (Å²) in [5.74, 6) is -0.522. The van der Waals surface area contributed by atoms with E-state index in [1.165, 1.54) is 0 Å². The number of carbonyl (C=O) groups excluding carboxylic acids is 1. The summed E-state index contributed by atoms with van der Waals surface area (Å²) >= 11 is 0. The third-order valence-electron chi connectivity index (χ3n) is 3.61. The molecule has 0 radical (unpaired) electrons. The SMILES string of the molecule is C=C(C(N)=O)c1ccc2c(ccn2-c2ccc(C#N)cc2)c1. The van der Waals surface area contributed by atoms with Crippen LogP contribution in [0.15, 0.2) is 61.3 Å². The van der Waals surface area contributed by atoms with Crippen molar-refractivity contribution in [3.63, 3.8) is 0 Å². The highest BCUT2D eigenvalue weighted by atomic mass is 16.1. The number of hydrogen-bond acceptors (Lipinski definition) is 2. The van der Waals surface area contributed by atoms with Crippen molar-refractivity contribution in [2.45, 2.75) is 0 Å². The molecule has 2 N–H and O–H groups in total. The Bertz CT molecular complexity index is 927. The lowest BCUT2D eigenvalue weighted by Crippen LogP contribution is -2.11. The summed E-state index contributed by atoms with van der Waals surface area (Å²) < 4.78 is 2.02. The third-order valence-corrected chi connectivity index (χ3v) is 3.61. The van der Waals surface area contributed by atoms with Gasteiger partial charge >= 0.3 is 0 Å². The number of aromatic nitrogens is 1. The Balaban J connectivity index is 2.07. The lowest BCUT2D eigenvalue weighted by Gasteiger charge is -2.07. The normalized spacial score (nSPS) is 10.3. The molecule has 4 nitrogen and oxygen atoms in total. The van der Waals surface area contributed by atoms with Gasteiger partial charge in [0.1, 0.15) is 0 Å². The maximum Gasteiger partial charge on any atom is 0.248 e. The molecule has 4 heteroatoms. The van der Waals surface area contributed by atoms with Gasteiger partial charge in [-0.3, -0.25) is 4.79 Å². The number of nitrogens with two attached hydrogens (primary N) is 1. The van der Waals surface area contributed by atoms with Gasteiger partial charge in [-0.2, -0.15) is 5.26 Å². The van der Waals surface area contributed by atoms with E-state index in [2.05, 4.69) is 12.6 Å². The van der Waals surface area contributed by atoms with Gasteiger partial charge in [-0.25, -0.2) is 0 Å². The number of benzene rings is 2. The largest absolute Gasteiger partial charge is 0.366 e. The topological polar surface area (TPSA) is 71.8 Å². The molecule has 0 saturated heterocycles. The van der Waals surface area contributed by atoms with Gasteiger partial charge in [0.15, 0.2) is 0 Å². The highest BCUT2D eigenvalue weighted by molar-refractivity contribution is 6.18. The second-order valence-electron chi connectivity index (χ2n) is 4.96. The molecule has 22 heavy (non-hydrogen) atoms. The fraction of sp³-hybridized carbons (Fsp3) is 0. The molecule has 0 spiro atoms. The summed E-state index contributed by atoms with van der Waals surface area (Å²) in [5, 5.41) is 9.85. The van der Waals surface area contributed by atoms with Gasteiger partial charge in [0.05, 0.1) is 17.1 Å². The molecule has 3 aromatic rings. The van der Waals surface area contributed by atoms with Crippen LogP contribution in [0.3, 0.4) is 0 Å². The van der Waals surface area contributed by atoms with Gasteiger partial charge in [0, 0.05) is 22.8 Å². The molecule has 1 amide bonds. The van der Waals surface area contributed by atoms with Gasteiger partial charge in [-0.15, -0.1) is 0 Å². The lowest BCUT2D eigenvalue weighted by molar-refractivity contribution is -0.112. The lowest BCUT2D eigenvalue weighted by atomic mass is 10.1. The minimum absolute atomic E-state index is 0.299. The monoisotopic (exact) mass is 287 g/mol. The van der Waals surface area contributed by atoms with Crippen molar-refractivity contribution in [2.24, 2.45) is 5.73 Å². The van der Waals surface area contributed by atoms with E-state index in [0.717, 1.165) is 22.2 Å². The smallest absolute Gasteiger partial charge is 0.248 e. The molecule has 0 bridgehead atoms. The number of nitrogens with zero attached hydrogens (tertiary/aromatic N) is 2. The highest BCUT2D eigenvalue weighted by Gasteiger charge is 2.08. The van der Waals surface area contributed by atoms with Crippen LogP contribution in [-0.4, -0.2) is 10.5 Å². The van der Waals surface area contributed by atoms with E-state index in [9.17, 15) is 4.79 Å². The summed E-state index contributed by atoms with van der Waals surface area (Å²) in [7, 11) is 0. The van der Waals surface area contributed by atoms with Crippen molar-refractivity contribution >= 4 is 22.4 Å². The van der Waals surface area contributed by atoms with Crippen LogP contribution in [0.5, 0.6) is 0 Å². The van der Waals surface area contributed by atoms with Gasteiger partial charge in [0.2, 0.25) is 5.91 Å². The third kappa shape index (κ3) is 2.25. The zero-order valence-electron chi connectivity index (χ0n) is 11.8. The second-order valence-corrected chi connectivity index (χ2v) is 4.96. The first-order valence-electron chi connectivity index (χ1n) is 6.71. The minimum Gasteiger partial charge on any atom is -0.366 e. The summed E-state index contributed by atoms with van der Waals surface area (Å²) in [6.45, 7) is 3.70. The van der Waals surface area contributed by atoms with Crippen molar-refractivity contribution in [3.8, 4) is 11.8 Å². The average molecular weight is 287 g/mol. The van der Waals surface area contributed by atoms with Gasteiger partial charge < -0.3 is 10.3 Å². The standard InChI is InChI=1S/C18H13N3O/c1-12(18(20)22)14-4-7-17-15(10-14)8-9-21(17)16-5-2-13(11-19)3-6-16/h2-10H,1H2,(H2,20,22). The summed E-state index contributed by atoms with van der Waals surface area (Å²) in [5.41, 5.74) is 8.88. The molecule has 0 fully saturated rings. The number of amides is 1. The van der Waals surface area contributed by atoms with Crippen LogP contribution >= 0.6 is 0 Å². The first kappa shape index (κ1) is 13.7. The number of rotatable bonds is 3. The first-order valence-corrected chi connectivity index (χ1v) is 6.71. The van der Waals surface area contributed by atoms with Crippen LogP contribution in [0.25, 0.3) is 22.2 Å². The van der Waals surface area contributed by atoms with Crippen molar-refractivity contribution in [1.82, 2.24) is 4.57 Å². The molecule has 1 heterocycles. The molecule has 0 aliphatic rings. The molecule has 1 aromatic heterocycles. The van der Waals surface area contributed by atoms with Crippen molar-refractivity contribution in [1.29, 1.82) is 5.26 Å². The van der Waals surface area contributed by atoms with Gasteiger partial charge in [0.25, 0.3) is 0 Å². The highest BCUT2D eigenvalue weighted by Crippen LogP contribution is 2.24. The predicted molar refractivity (Wildman–Crippen MR) is 86.2 cm³/mol. The van der Waals surface area contributed by atoms with Crippen LogP contribution in [0.1, 0.15) is 11.1 Å². The molecule has 3 rings (SSSR count). The Morgan fingerprint density at radius 2 is 1.86 bits per heavy atom. The maximum absolute atomic E-state index is 11.2. The van der Waals surface area contributed by atoms with Crippen LogP contribution in [0.2, 0.25) is 0 Å². The van der Waals surface area contributed by atoms with Crippen LogP contribution < -0.4 is 5.73 Å². The predicted octanol–water partition coefficient (Wildman–Crippen LogP) is 3.00. The molecule has 0 unspecified atom stereocenters. The number of nitriles is 1. The molecular weight excluding hydrogens is 274 g/mol. The summed E-state index contributed by atoms with van der Waals surface area (Å²) in [6.07, 6.45) is 1.95. The maximum atomic E-state index is 11.2. The zero-order chi connectivity index (χ0) is 15.7. The van der Waals surface area contributed by atoms with E-state index in [0.29, 0.717) is 11.1 Å². The Morgan fingerprint density at radius 1 is 1.14 bits per heavy atom. The van der Waals surface area contributed by atoms with Crippen LogP contribution in [-0.2, 0) is 4.79 Å². The summed E-state index contributed by atoms with van der Waals surface area (Å²) in [4.78, 5) is 11.2. The van der Waals surface area contributed by atoms with Crippen LogP contribution in [0.4, 0.5) is 0 Å². The zero-order valence-corrected chi connectivity index (χ0v) is 11.8. The fourth-order valence-corrected chi connectivity index (χ4v) is 2.39.